The second kappa shape index (κ2) is 7.77. The van der Waals surface area contributed by atoms with Gasteiger partial charge in [-0.25, -0.2) is 4.68 Å². The summed E-state index contributed by atoms with van der Waals surface area (Å²) in [5, 5.41) is 10.7. The Bertz CT molecular complexity index is 1240. The molecule has 1 aromatic carbocycles. The molecule has 32 heavy (non-hydrogen) atoms. The molecule has 0 saturated carbocycles. The molecule has 5 rings (SSSR count). The highest BCUT2D eigenvalue weighted by Gasteiger charge is 2.47. The highest BCUT2D eigenvalue weighted by atomic mass is 19.4. The first-order chi connectivity index (χ1) is 15.4. The summed E-state index contributed by atoms with van der Waals surface area (Å²) in [6, 6.07) is 8.48. The number of halogens is 3. The van der Waals surface area contributed by atoms with Gasteiger partial charge in [-0.2, -0.15) is 18.3 Å². The van der Waals surface area contributed by atoms with Gasteiger partial charge >= 0.3 is 6.18 Å². The summed E-state index contributed by atoms with van der Waals surface area (Å²) in [7, 11) is 0. The fourth-order valence-corrected chi connectivity index (χ4v) is 4.15. The van der Waals surface area contributed by atoms with Crippen molar-refractivity contribution in [3.05, 3.63) is 71.9 Å². The van der Waals surface area contributed by atoms with Gasteiger partial charge in [0.1, 0.15) is 17.1 Å². The molecule has 4 heterocycles. The number of aromatic nitrogens is 3. The maximum Gasteiger partial charge on any atom is 0.410 e. The minimum atomic E-state index is -4.52. The van der Waals surface area contributed by atoms with Gasteiger partial charge in [0.2, 0.25) is 0 Å². The Morgan fingerprint density at radius 3 is 2.88 bits per heavy atom. The lowest BCUT2D eigenvalue weighted by atomic mass is 10.0. The maximum absolute atomic E-state index is 13.7. The molecule has 3 aromatic heterocycles. The molecular formula is C22H20F3N5O2. The Kier molecular flexibility index (Phi) is 4.91. The Balaban J connectivity index is 1.34. The number of alkyl halides is 3. The van der Waals surface area contributed by atoms with Gasteiger partial charge in [-0.05, 0) is 30.2 Å². The van der Waals surface area contributed by atoms with E-state index in [0.29, 0.717) is 18.7 Å². The number of nitrogens with one attached hydrogen (secondary N) is 3. The van der Waals surface area contributed by atoms with Crippen molar-refractivity contribution in [1.29, 1.82) is 0 Å². The molecule has 0 aliphatic carbocycles. The van der Waals surface area contributed by atoms with Crippen LogP contribution in [0.25, 0.3) is 10.9 Å². The van der Waals surface area contributed by atoms with Crippen molar-refractivity contribution in [1.82, 2.24) is 20.1 Å². The van der Waals surface area contributed by atoms with Crippen LogP contribution in [0.15, 0.2) is 59.5 Å². The van der Waals surface area contributed by atoms with Crippen molar-refractivity contribution >= 4 is 22.6 Å². The lowest BCUT2D eigenvalue weighted by molar-refractivity contribution is -0.174. The number of rotatable bonds is 5. The highest BCUT2D eigenvalue weighted by Crippen LogP contribution is 2.44. The monoisotopic (exact) mass is 443 g/mol. The summed E-state index contributed by atoms with van der Waals surface area (Å²) in [4.78, 5) is 16.0. The molecule has 0 bridgehead atoms. The minimum Gasteiger partial charge on any atom is -0.467 e. The Hall–Kier alpha value is -3.69. The van der Waals surface area contributed by atoms with E-state index < -0.39 is 24.2 Å². The van der Waals surface area contributed by atoms with Gasteiger partial charge in [0, 0.05) is 30.1 Å². The van der Waals surface area contributed by atoms with Gasteiger partial charge in [0.05, 0.1) is 18.5 Å². The number of furan rings is 1. The summed E-state index contributed by atoms with van der Waals surface area (Å²) in [6.07, 6.45) is 0.246. The molecule has 10 heteroatoms. The smallest absolute Gasteiger partial charge is 0.410 e. The van der Waals surface area contributed by atoms with E-state index in [9.17, 15) is 18.0 Å². The van der Waals surface area contributed by atoms with Crippen LogP contribution in [0.1, 0.15) is 40.2 Å². The number of nitrogens with zero attached hydrogens (tertiary/aromatic N) is 2. The molecule has 0 unspecified atom stereocenters. The number of carbonyl (C=O) groups excluding carboxylic acids is 1. The zero-order valence-corrected chi connectivity index (χ0v) is 16.8. The number of H-pyrrole nitrogens is 1. The van der Waals surface area contributed by atoms with Crippen molar-refractivity contribution in [3.63, 3.8) is 0 Å². The quantitative estimate of drug-likeness (QED) is 0.421. The van der Waals surface area contributed by atoms with Gasteiger partial charge < -0.3 is 20.0 Å². The van der Waals surface area contributed by atoms with Gasteiger partial charge in [0.25, 0.3) is 5.91 Å². The summed E-state index contributed by atoms with van der Waals surface area (Å²) in [5.41, 5.74) is 2.12. The molecular weight excluding hydrogens is 423 g/mol. The highest BCUT2D eigenvalue weighted by molar-refractivity contribution is 5.99. The number of carbonyl (C=O) groups is 1. The van der Waals surface area contributed by atoms with Gasteiger partial charge in [0.15, 0.2) is 6.04 Å². The molecule has 0 spiro atoms. The molecule has 1 aliphatic rings. The predicted octanol–water partition coefficient (Wildman–Crippen LogP) is 4.59. The summed E-state index contributed by atoms with van der Waals surface area (Å²) >= 11 is 0. The van der Waals surface area contributed by atoms with E-state index in [0.717, 1.165) is 21.1 Å². The molecule has 2 atom stereocenters. The first-order valence-corrected chi connectivity index (χ1v) is 10.2. The number of fused-ring (bicyclic) bond motifs is 2. The number of benzene rings is 1. The van der Waals surface area contributed by atoms with E-state index in [-0.39, 0.29) is 17.8 Å². The number of hydrogen-bond acceptors (Lipinski definition) is 4. The molecule has 0 radical (unpaired) electrons. The minimum absolute atomic E-state index is 0.0320. The predicted molar refractivity (Wildman–Crippen MR) is 111 cm³/mol. The summed E-state index contributed by atoms with van der Waals surface area (Å²) < 4.78 is 47.3. The largest absolute Gasteiger partial charge is 0.467 e. The van der Waals surface area contributed by atoms with Crippen LogP contribution < -0.4 is 10.6 Å². The third-order valence-corrected chi connectivity index (χ3v) is 5.72. The number of hydrogen-bond donors (Lipinski definition) is 3. The maximum atomic E-state index is 13.7. The van der Waals surface area contributed by atoms with Crippen molar-refractivity contribution < 1.29 is 22.4 Å². The number of amides is 1. The van der Waals surface area contributed by atoms with Crippen LogP contribution in [0.2, 0.25) is 0 Å². The second-order valence-corrected chi connectivity index (χ2v) is 7.72. The van der Waals surface area contributed by atoms with Crippen molar-refractivity contribution in [2.45, 2.75) is 31.1 Å². The number of para-hydroxylation sites is 1. The standard InChI is InChI=1S/C22H20F3N5O2/c23-22(24,25)19-10-17(18-6-3-9-32-18)29-20-15(12-28-30(19)20)21(31)26-8-7-13-11-27-16-5-2-1-4-14(13)16/h1-6,9,11-12,17,19,27,29H,7-8,10H2,(H,26,31)/t17-,19+/m1/s1. The number of anilines is 1. The second-order valence-electron chi connectivity index (χ2n) is 7.72. The molecule has 7 nitrogen and oxygen atoms in total. The van der Waals surface area contributed by atoms with E-state index in [2.05, 4.69) is 20.7 Å². The van der Waals surface area contributed by atoms with Crippen molar-refractivity contribution in [3.8, 4) is 0 Å². The topological polar surface area (TPSA) is 87.9 Å². The lowest BCUT2D eigenvalue weighted by Crippen LogP contribution is -2.36. The average Bonchev–Trinajstić information content (AvgIpc) is 3.52. The normalized spacial score (nSPS) is 18.3. The van der Waals surface area contributed by atoms with Gasteiger partial charge in [-0.1, -0.05) is 18.2 Å². The first kappa shape index (κ1) is 20.2. The Morgan fingerprint density at radius 2 is 2.09 bits per heavy atom. The van der Waals surface area contributed by atoms with E-state index >= 15 is 0 Å². The molecule has 1 amide bonds. The van der Waals surface area contributed by atoms with Gasteiger partial charge in [-0.15, -0.1) is 0 Å². The van der Waals surface area contributed by atoms with Crippen molar-refractivity contribution in [2.75, 3.05) is 11.9 Å². The van der Waals surface area contributed by atoms with E-state index in [1.165, 1.54) is 12.5 Å². The third-order valence-electron chi connectivity index (χ3n) is 5.72. The Morgan fingerprint density at radius 1 is 1.25 bits per heavy atom. The van der Waals surface area contributed by atoms with Crippen LogP contribution >= 0.6 is 0 Å². The summed E-state index contributed by atoms with van der Waals surface area (Å²) in [6.45, 7) is 0.329. The van der Waals surface area contributed by atoms with Crippen LogP contribution in [-0.4, -0.2) is 33.4 Å². The van der Waals surface area contributed by atoms with E-state index in [1.807, 2.05) is 30.5 Å². The van der Waals surface area contributed by atoms with Crippen LogP contribution in [0, 0.1) is 0 Å². The lowest BCUT2D eigenvalue weighted by Gasteiger charge is -2.32. The fourth-order valence-electron chi connectivity index (χ4n) is 4.15. The third kappa shape index (κ3) is 3.61. The fraction of sp³-hybridized carbons (Fsp3) is 0.273. The molecule has 3 N–H and O–H groups in total. The van der Waals surface area contributed by atoms with E-state index in [4.69, 9.17) is 4.42 Å². The summed E-state index contributed by atoms with van der Waals surface area (Å²) in [5.74, 6) is -0.0819. The average molecular weight is 443 g/mol. The molecule has 1 aliphatic heterocycles. The van der Waals surface area contributed by atoms with Crippen LogP contribution in [0.4, 0.5) is 19.0 Å². The first-order valence-electron chi connectivity index (χ1n) is 10.2. The zero-order valence-electron chi connectivity index (χ0n) is 16.8. The molecule has 166 valence electrons. The van der Waals surface area contributed by atoms with Crippen LogP contribution in [-0.2, 0) is 6.42 Å². The van der Waals surface area contributed by atoms with Crippen LogP contribution in [0.3, 0.4) is 0 Å². The zero-order chi connectivity index (χ0) is 22.3. The van der Waals surface area contributed by atoms with Crippen LogP contribution in [0.5, 0.6) is 0 Å². The molecule has 0 fully saturated rings. The Labute approximate surface area is 180 Å². The number of aromatic amines is 1. The van der Waals surface area contributed by atoms with Crippen molar-refractivity contribution in [2.24, 2.45) is 0 Å². The molecule has 4 aromatic rings. The SMILES string of the molecule is O=C(NCCc1c[nH]c2ccccc12)c1cnn2c1N[C@@H](c1ccco1)C[C@H]2C(F)(F)F. The van der Waals surface area contributed by atoms with E-state index in [1.54, 1.807) is 12.1 Å². The van der Waals surface area contributed by atoms with Gasteiger partial charge in [-0.3, -0.25) is 4.79 Å². The molecule has 0 saturated heterocycles.